The highest BCUT2D eigenvalue weighted by Crippen LogP contribution is 2.65. The molecule has 1 aliphatic carbocycles. The van der Waals surface area contributed by atoms with Gasteiger partial charge >= 0.3 is 0 Å². The van der Waals surface area contributed by atoms with Crippen LogP contribution in [0, 0.1) is 11.3 Å². The molecular formula is C14H19NO. The van der Waals surface area contributed by atoms with Crippen molar-refractivity contribution < 1.29 is 4.74 Å². The molecule has 1 aromatic rings. The van der Waals surface area contributed by atoms with Gasteiger partial charge in [-0.3, -0.25) is 0 Å². The van der Waals surface area contributed by atoms with Crippen molar-refractivity contribution in [1.82, 2.24) is 0 Å². The molecule has 3 rings (SSSR count). The van der Waals surface area contributed by atoms with Crippen molar-refractivity contribution >= 4 is 0 Å². The van der Waals surface area contributed by atoms with Gasteiger partial charge in [0, 0.05) is 6.42 Å². The van der Waals surface area contributed by atoms with Crippen molar-refractivity contribution in [2.45, 2.75) is 26.2 Å². The first kappa shape index (κ1) is 10.2. The van der Waals surface area contributed by atoms with Gasteiger partial charge in [-0.05, 0) is 34.9 Å². The predicted molar refractivity (Wildman–Crippen MR) is 64.7 cm³/mol. The minimum Gasteiger partial charge on any atom is -0.493 e. The van der Waals surface area contributed by atoms with Crippen LogP contribution in [0.5, 0.6) is 5.75 Å². The molecular weight excluding hydrogens is 198 g/mol. The fourth-order valence-electron chi connectivity index (χ4n) is 3.29. The number of benzene rings is 1. The van der Waals surface area contributed by atoms with Gasteiger partial charge in [-0.2, -0.15) is 0 Å². The molecule has 1 heterocycles. The minimum absolute atomic E-state index is 0.343. The van der Waals surface area contributed by atoms with E-state index in [0.29, 0.717) is 17.3 Å². The fourth-order valence-corrected chi connectivity index (χ4v) is 3.29. The summed E-state index contributed by atoms with van der Waals surface area (Å²) < 4.78 is 5.78. The Morgan fingerprint density at radius 1 is 1.44 bits per heavy atom. The topological polar surface area (TPSA) is 35.2 Å². The standard InChI is InChI=1S/C14H19NO/c1-14(2)11(8-15)12(14)10-5-3-4-9-6-7-16-13(9)10/h3-5,11-12H,6-8,15H2,1-2H3/t11-,12-/m0/s1. The number of hydrogen-bond donors (Lipinski definition) is 1. The second-order valence-electron chi connectivity index (χ2n) is 5.58. The predicted octanol–water partition coefficient (Wildman–Crippen LogP) is 2.32. The number of rotatable bonds is 2. The molecule has 86 valence electrons. The first-order chi connectivity index (χ1) is 7.66. The third-order valence-electron chi connectivity index (χ3n) is 4.38. The summed E-state index contributed by atoms with van der Waals surface area (Å²) in [6.07, 6.45) is 1.06. The van der Waals surface area contributed by atoms with Crippen molar-refractivity contribution in [1.29, 1.82) is 0 Å². The van der Waals surface area contributed by atoms with E-state index in [1.807, 2.05) is 0 Å². The molecule has 0 spiro atoms. The van der Waals surface area contributed by atoms with E-state index in [1.54, 1.807) is 0 Å². The monoisotopic (exact) mass is 217 g/mol. The van der Waals surface area contributed by atoms with Crippen LogP contribution in [0.1, 0.15) is 30.9 Å². The summed E-state index contributed by atoms with van der Waals surface area (Å²) in [7, 11) is 0. The minimum atomic E-state index is 0.343. The Bertz CT molecular complexity index is 425. The second-order valence-corrected chi connectivity index (χ2v) is 5.58. The lowest BCUT2D eigenvalue weighted by Crippen LogP contribution is -2.05. The number of ether oxygens (including phenoxy) is 1. The van der Waals surface area contributed by atoms with Gasteiger partial charge in [0.2, 0.25) is 0 Å². The second kappa shape index (κ2) is 3.24. The van der Waals surface area contributed by atoms with Crippen LogP contribution in [0.3, 0.4) is 0 Å². The normalized spacial score (nSPS) is 29.7. The molecule has 2 N–H and O–H groups in total. The molecule has 1 saturated carbocycles. The van der Waals surface area contributed by atoms with Gasteiger partial charge in [0.05, 0.1) is 6.61 Å². The van der Waals surface area contributed by atoms with Gasteiger partial charge in [-0.15, -0.1) is 0 Å². The average molecular weight is 217 g/mol. The summed E-state index contributed by atoms with van der Waals surface area (Å²) in [5.74, 6) is 2.35. The van der Waals surface area contributed by atoms with E-state index in [0.717, 1.165) is 25.3 Å². The van der Waals surface area contributed by atoms with Gasteiger partial charge in [-0.25, -0.2) is 0 Å². The molecule has 1 aromatic carbocycles. The SMILES string of the molecule is CC1(C)[C@@H](CN)[C@@H]1c1cccc2c1OCC2. The van der Waals surface area contributed by atoms with Gasteiger partial charge in [0.15, 0.2) is 0 Å². The molecule has 2 nitrogen and oxygen atoms in total. The Kier molecular flexibility index (Phi) is 2.05. The van der Waals surface area contributed by atoms with Crippen LogP contribution in [-0.2, 0) is 6.42 Å². The molecule has 2 atom stereocenters. The van der Waals surface area contributed by atoms with Crippen LogP contribution in [0.2, 0.25) is 0 Å². The molecule has 0 radical (unpaired) electrons. The van der Waals surface area contributed by atoms with E-state index in [4.69, 9.17) is 10.5 Å². The largest absolute Gasteiger partial charge is 0.493 e. The summed E-state index contributed by atoms with van der Waals surface area (Å²) in [6, 6.07) is 6.55. The lowest BCUT2D eigenvalue weighted by Gasteiger charge is -2.09. The number of hydrogen-bond acceptors (Lipinski definition) is 2. The smallest absolute Gasteiger partial charge is 0.126 e. The number of nitrogens with two attached hydrogens (primary N) is 1. The summed E-state index contributed by atoms with van der Waals surface area (Å²) in [5, 5.41) is 0. The quantitative estimate of drug-likeness (QED) is 0.825. The summed E-state index contributed by atoms with van der Waals surface area (Å²) in [5.41, 5.74) is 8.94. The molecule has 1 aliphatic heterocycles. The summed E-state index contributed by atoms with van der Waals surface area (Å²) in [6.45, 7) is 6.24. The fraction of sp³-hybridized carbons (Fsp3) is 0.571. The molecule has 0 saturated heterocycles. The van der Waals surface area contributed by atoms with Crippen LogP contribution >= 0.6 is 0 Å². The average Bonchev–Trinajstić information content (AvgIpc) is 2.65. The highest BCUT2D eigenvalue weighted by molar-refractivity contribution is 5.49. The molecule has 1 fully saturated rings. The van der Waals surface area contributed by atoms with Crippen molar-refractivity contribution in [3.63, 3.8) is 0 Å². The van der Waals surface area contributed by atoms with Crippen LogP contribution in [0.4, 0.5) is 0 Å². The summed E-state index contributed by atoms with van der Waals surface area (Å²) >= 11 is 0. The molecule has 2 heteroatoms. The Morgan fingerprint density at radius 2 is 2.25 bits per heavy atom. The van der Waals surface area contributed by atoms with Gasteiger partial charge in [-0.1, -0.05) is 32.0 Å². The lowest BCUT2D eigenvalue weighted by atomic mass is 9.99. The molecule has 0 aromatic heterocycles. The number of para-hydroxylation sites is 1. The van der Waals surface area contributed by atoms with Crippen LogP contribution < -0.4 is 10.5 Å². The van der Waals surface area contributed by atoms with Crippen LogP contribution in [0.25, 0.3) is 0 Å². The molecule has 2 aliphatic rings. The van der Waals surface area contributed by atoms with Crippen LogP contribution in [-0.4, -0.2) is 13.2 Å². The maximum Gasteiger partial charge on any atom is 0.126 e. The molecule has 0 amide bonds. The molecule has 16 heavy (non-hydrogen) atoms. The zero-order valence-corrected chi connectivity index (χ0v) is 9.99. The highest BCUT2D eigenvalue weighted by Gasteiger charge is 2.58. The van der Waals surface area contributed by atoms with Crippen LogP contribution in [0.15, 0.2) is 18.2 Å². The first-order valence-electron chi connectivity index (χ1n) is 6.11. The van der Waals surface area contributed by atoms with E-state index >= 15 is 0 Å². The van der Waals surface area contributed by atoms with E-state index in [9.17, 15) is 0 Å². The van der Waals surface area contributed by atoms with Gasteiger partial charge in [0.1, 0.15) is 5.75 Å². The van der Waals surface area contributed by atoms with Crippen molar-refractivity contribution in [2.24, 2.45) is 17.1 Å². The van der Waals surface area contributed by atoms with E-state index in [-0.39, 0.29) is 0 Å². The van der Waals surface area contributed by atoms with E-state index < -0.39 is 0 Å². The van der Waals surface area contributed by atoms with E-state index in [1.165, 1.54) is 11.1 Å². The van der Waals surface area contributed by atoms with Crippen molar-refractivity contribution in [3.05, 3.63) is 29.3 Å². The Hall–Kier alpha value is -1.02. The van der Waals surface area contributed by atoms with Gasteiger partial charge in [0.25, 0.3) is 0 Å². The Labute approximate surface area is 96.8 Å². The zero-order valence-electron chi connectivity index (χ0n) is 9.99. The third kappa shape index (κ3) is 1.23. The maximum absolute atomic E-state index is 5.84. The Morgan fingerprint density at radius 3 is 2.94 bits per heavy atom. The first-order valence-corrected chi connectivity index (χ1v) is 6.11. The van der Waals surface area contributed by atoms with Crippen molar-refractivity contribution in [3.8, 4) is 5.75 Å². The molecule has 0 unspecified atom stereocenters. The summed E-state index contributed by atoms with van der Waals surface area (Å²) in [4.78, 5) is 0. The Balaban J connectivity index is 2.00. The molecule has 0 bridgehead atoms. The maximum atomic E-state index is 5.84. The zero-order chi connectivity index (χ0) is 11.3. The van der Waals surface area contributed by atoms with Crippen molar-refractivity contribution in [2.75, 3.05) is 13.2 Å². The third-order valence-corrected chi connectivity index (χ3v) is 4.38. The van der Waals surface area contributed by atoms with E-state index in [2.05, 4.69) is 32.0 Å². The number of fused-ring (bicyclic) bond motifs is 1. The lowest BCUT2D eigenvalue weighted by molar-refractivity contribution is 0.352. The highest BCUT2D eigenvalue weighted by atomic mass is 16.5. The van der Waals surface area contributed by atoms with Gasteiger partial charge < -0.3 is 10.5 Å².